The van der Waals surface area contributed by atoms with Crippen molar-refractivity contribution in [1.29, 1.82) is 0 Å². The van der Waals surface area contributed by atoms with E-state index in [9.17, 15) is 0 Å². The molecule has 0 aromatic carbocycles. The van der Waals surface area contributed by atoms with Crippen LogP contribution in [0.4, 0.5) is 0 Å². The SMILES string of the molecule is CNCC1CCCCCC1CCCCOC. The van der Waals surface area contributed by atoms with Crippen molar-refractivity contribution in [2.75, 3.05) is 27.3 Å². The van der Waals surface area contributed by atoms with Gasteiger partial charge >= 0.3 is 0 Å². The Kier molecular flexibility index (Phi) is 7.87. The van der Waals surface area contributed by atoms with E-state index < -0.39 is 0 Å². The molecule has 1 aliphatic carbocycles. The van der Waals surface area contributed by atoms with Crippen LogP contribution in [0.1, 0.15) is 51.4 Å². The van der Waals surface area contributed by atoms with Crippen LogP contribution in [0, 0.1) is 11.8 Å². The Morgan fingerprint density at radius 3 is 2.50 bits per heavy atom. The minimum absolute atomic E-state index is 0.926. The maximum absolute atomic E-state index is 5.12. The van der Waals surface area contributed by atoms with E-state index in [0.29, 0.717) is 0 Å². The van der Waals surface area contributed by atoms with Gasteiger partial charge in [-0.1, -0.05) is 38.5 Å². The molecule has 96 valence electrons. The lowest BCUT2D eigenvalue weighted by Gasteiger charge is -2.25. The molecule has 2 atom stereocenters. The van der Waals surface area contributed by atoms with Crippen molar-refractivity contribution in [2.45, 2.75) is 51.4 Å². The standard InChI is InChI=1S/C14H29NO/c1-15-12-14-10-5-3-4-8-13(14)9-6-7-11-16-2/h13-15H,3-12H2,1-2H3. The van der Waals surface area contributed by atoms with Gasteiger partial charge in [0.25, 0.3) is 0 Å². The molecule has 16 heavy (non-hydrogen) atoms. The summed E-state index contributed by atoms with van der Waals surface area (Å²) >= 11 is 0. The van der Waals surface area contributed by atoms with Crippen molar-refractivity contribution < 1.29 is 4.74 Å². The van der Waals surface area contributed by atoms with Crippen LogP contribution < -0.4 is 5.32 Å². The van der Waals surface area contributed by atoms with Crippen molar-refractivity contribution in [3.63, 3.8) is 0 Å². The third kappa shape index (κ3) is 5.31. The van der Waals surface area contributed by atoms with E-state index in [2.05, 4.69) is 12.4 Å². The molecule has 0 amide bonds. The van der Waals surface area contributed by atoms with E-state index in [0.717, 1.165) is 18.4 Å². The highest BCUT2D eigenvalue weighted by Crippen LogP contribution is 2.31. The second-order valence-corrected chi connectivity index (χ2v) is 5.20. The average molecular weight is 227 g/mol. The van der Waals surface area contributed by atoms with Gasteiger partial charge in [-0.05, 0) is 38.3 Å². The summed E-state index contributed by atoms with van der Waals surface area (Å²) in [5.74, 6) is 1.89. The zero-order valence-electron chi connectivity index (χ0n) is 11.1. The molecule has 0 saturated heterocycles. The van der Waals surface area contributed by atoms with Gasteiger partial charge in [-0.2, -0.15) is 0 Å². The fourth-order valence-electron chi connectivity index (χ4n) is 3.03. The summed E-state index contributed by atoms with van der Waals surface area (Å²) < 4.78 is 5.12. The molecular formula is C14H29NO. The molecule has 1 saturated carbocycles. The number of unbranched alkanes of at least 4 members (excludes halogenated alkanes) is 1. The molecule has 1 fully saturated rings. The van der Waals surface area contributed by atoms with Crippen LogP contribution in [-0.4, -0.2) is 27.3 Å². The molecule has 2 heteroatoms. The summed E-state index contributed by atoms with van der Waals surface area (Å²) in [5, 5.41) is 3.37. The zero-order chi connectivity index (χ0) is 11.6. The third-order valence-electron chi connectivity index (χ3n) is 3.96. The zero-order valence-corrected chi connectivity index (χ0v) is 11.1. The minimum Gasteiger partial charge on any atom is -0.385 e. The topological polar surface area (TPSA) is 21.3 Å². The van der Waals surface area contributed by atoms with Crippen LogP contribution in [0.15, 0.2) is 0 Å². The van der Waals surface area contributed by atoms with Crippen LogP contribution in [0.25, 0.3) is 0 Å². The maximum Gasteiger partial charge on any atom is 0.0462 e. The number of ether oxygens (including phenoxy) is 1. The van der Waals surface area contributed by atoms with Crippen LogP contribution in [0.3, 0.4) is 0 Å². The van der Waals surface area contributed by atoms with Crippen molar-refractivity contribution >= 4 is 0 Å². The van der Waals surface area contributed by atoms with Gasteiger partial charge in [0.05, 0.1) is 0 Å². The van der Waals surface area contributed by atoms with E-state index in [1.54, 1.807) is 7.11 Å². The largest absolute Gasteiger partial charge is 0.385 e. The Morgan fingerprint density at radius 1 is 1.06 bits per heavy atom. The number of hydrogen-bond donors (Lipinski definition) is 1. The van der Waals surface area contributed by atoms with Gasteiger partial charge in [0.2, 0.25) is 0 Å². The van der Waals surface area contributed by atoms with Crippen LogP contribution in [0.2, 0.25) is 0 Å². The number of nitrogens with one attached hydrogen (secondary N) is 1. The first-order chi connectivity index (χ1) is 7.88. The predicted octanol–water partition coefficient (Wildman–Crippen LogP) is 3.22. The molecule has 0 aromatic heterocycles. The summed E-state index contributed by atoms with van der Waals surface area (Å²) in [6.07, 6.45) is 11.2. The summed E-state index contributed by atoms with van der Waals surface area (Å²) in [7, 11) is 3.89. The lowest BCUT2D eigenvalue weighted by Crippen LogP contribution is -2.25. The normalized spacial score (nSPS) is 26.6. The first-order valence-corrected chi connectivity index (χ1v) is 7.02. The molecule has 1 N–H and O–H groups in total. The summed E-state index contributed by atoms with van der Waals surface area (Å²) in [6, 6.07) is 0. The molecule has 0 heterocycles. The molecule has 0 aromatic rings. The van der Waals surface area contributed by atoms with Gasteiger partial charge in [0, 0.05) is 13.7 Å². The van der Waals surface area contributed by atoms with E-state index in [-0.39, 0.29) is 0 Å². The average Bonchev–Trinajstić information content (AvgIpc) is 2.51. The van der Waals surface area contributed by atoms with Gasteiger partial charge in [0.1, 0.15) is 0 Å². The van der Waals surface area contributed by atoms with Crippen LogP contribution >= 0.6 is 0 Å². The molecule has 1 aliphatic rings. The molecule has 0 bridgehead atoms. The molecule has 2 unspecified atom stereocenters. The number of hydrogen-bond acceptors (Lipinski definition) is 2. The first kappa shape index (κ1) is 14.0. The second-order valence-electron chi connectivity index (χ2n) is 5.20. The fourth-order valence-corrected chi connectivity index (χ4v) is 3.03. The summed E-state index contributed by atoms with van der Waals surface area (Å²) in [6.45, 7) is 2.15. The van der Waals surface area contributed by atoms with Crippen LogP contribution in [0.5, 0.6) is 0 Å². The van der Waals surface area contributed by atoms with E-state index >= 15 is 0 Å². The van der Waals surface area contributed by atoms with E-state index in [4.69, 9.17) is 4.74 Å². The summed E-state index contributed by atoms with van der Waals surface area (Å²) in [5.41, 5.74) is 0. The Morgan fingerprint density at radius 2 is 1.81 bits per heavy atom. The van der Waals surface area contributed by atoms with E-state index in [1.807, 2.05) is 0 Å². The second kappa shape index (κ2) is 9.00. The fraction of sp³-hybridized carbons (Fsp3) is 1.00. The van der Waals surface area contributed by atoms with Gasteiger partial charge in [-0.15, -0.1) is 0 Å². The molecule has 0 radical (unpaired) electrons. The Labute approximate surface area is 101 Å². The van der Waals surface area contributed by atoms with Crippen LogP contribution in [-0.2, 0) is 4.74 Å². The lowest BCUT2D eigenvalue weighted by molar-refractivity contribution is 0.186. The molecule has 0 aliphatic heterocycles. The highest BCUT2D eigenvalue weighted by Gasteiger charge is 2.22. The van der Waals surface area contributed by atoms with Gasteiger partial charge in [-0.3, -0.25) is 0 Å². The van der Waals surface area contributed by atoms with E-state index in [1.165, 1.54) is 57.9 Å². The van der Waals surface area contributed by atoms with Crippen molar-refractivity contribution in [3.05, 3.63) is 0 Å². The quantitative estimate of drug-likeness (QED) is 0.532. The molecular weight excluding hydrogens is 198 g/mol. The molecule has 2 nitrogen and oxygen atoms in total. The highest BCUT2D eigenvalue weighted by molar-refractivity contribution is 4.75. The Hall–Kier alpha value is -0.0800. The Balaban J connectivity index is 2.26. The lowest BCUT2D eigenvalue weighted by atomic mass is 9.84. The van der Waals surface area contributed by atoms with Gasteiger partial charge < -0.3 is 10.1 Å². The van der Waals surface area contributed by atoms with Crippen molar-refractivity contribution in [2.24, 2.45) is 11.8 Å². The van der Waals surface area contributed by atoms with Crippen molar-refractivity contribution in [3.8, 4) is 0 Å². The minimum atomic E-state index is 0.926. The predicted molar refractivity (Wildman–Crippen MR) is 69.7 cm³/mol. The summed E-state index contributed by atoms with van der Waals surface area (Å²) in [4.78, 5) is 0. The first-order valence-electron chi connectivity index (χ1n) is 7.02. The number of rotatable bonds is 7. The van der Waals surface area contributed by atoms with Gasteiger partial charge in [0.15, 0.2) is 0 Å². The third-order valence-corrected chi connectivity index (χ3v) is 3.96. The van der Waals surface area contributed by atoms with Gasteiger partial charge in [-0.25, -0.2) is 0 Å². The monoisotopic (exact) mass is 227 g/mol. The Bertz CT molecular complexity index is 161. The smallest absolute Gasteiger partial charge is 0.0462 e. The highest BCUT2D eigenvalue weighted by atomic mass is 16.5. The molecule has 1 rings (SSSR count). The van der Waals surface area contributed by atoms with Crippen molar-refractivity contribution in [1.82, 2.24) is 5.32 Å². The number of methoxy groups -OCH3 is 1. The molecule has 0 spiro atoms. The maximum atomic E-state index is 5.12.